The Kier molecular flexibility index (Phi) is 5.28. The van der Waals surface area contributed by atoms with Crippen molar-refractivity contribution < 1.29 is 9.53 Å². The quantitative estimate of drug-likeness (QED) is 0.507. The van der Waals surface area contributed by atoms with Crippen LogP contribution in [0.25, 0.3) is 33.5 Å². The Hall–Kier alpha value is -3.78. The zero-order valence-corrected chi connectivity index (χ0v) is 18.0. The number of carbonyl (C=O) groups is 1. The number of likely N-dealkylation sites (N-methyl/N-ethyl adjacent to an activating group) is 1. The maximum Gasteiger partial charge on any atom is 0.272 e. The summed E-state index contributed by atoms with van der Waals surface area (Å²) >= 11 is 0. The second kappa shape index (κ2) is 8.39. The van der Waals surface area contributed by atoms with Crippen molar-refractivity contribution in [1.29, 1.82) is 0 Å². The molecule has 5 heterocycles. The van der Waals surface area contributed by atoms with Crippen LogP contribution in [-0.2, 0) is 0 Å². The van der Waals surface area contributed by atoms with E-state index >= 15 is 0 Å². The Morgan fingerprint density at radius 3 is 2.91 bits per heavy atom. The molecule has 0 aliphatic carbocycles. The van der Waals surface area contributed by atoms with E-state index in [1.54, 1.807) is 25.6 Å². The fourth-order valence-corrected chi connectivity index (χ4v) is 4.06. The minimum atomic E-state index is -0.0331. The van der Waals surface area contributed by atoms with Crippen molar-refractivity contribution in [2.45, 2.75) is 12.5 Å². The summed E-state index contributed by atoms with van der Waals surface area (Å²) in [5.41, 5.74) is 4.71. The maximum atomic E-state index is 12.9. The van der Waals surface area contributed by atoms with Crippen LogP contribution in [0.5, 0.6) is 5.88 Å². The average molecular weight is 428 g/mol. The second-order valence-electron chi connectivity index (χ2n) is 7.87. The minimum absolute atomic E-state index is 0.0331. The molecule has 1 saturated heterocycles. The van der Waals surface area contributed by atoms with E-state index in [0.717, 1.165) is 46.5 Å². The highest BCUT2D eigenvalue weighted by molar-refractivity contribution is 5.93. The normalized spacial score (nSPS) is 15.9. The van der Waals surface area contributed by atoms with Crippen LogP contribution < -0.4 is 10.1 Å². The summed E-state index contributed by atoms with van der Waals surface area (Å²) in [6.45, 7) is 1.45. The number of ether oxygens (including phenoxy) is 1. The van der Waals surface area contributed by atoms with E-state index in [0.29, 0.717) is 24.2 Å². The number of H-pyrrole nitrogens is 1. The number of methoxy groups -OCH3 is 1. The van der Waals surface area contributed by atoms with Crippen molar-refractivity contribution in [3.63, 3.8) is 0 Å². The largest absolute Gasteiger partial charge is 0.481 e. The molecule has 8 heteroatoms. The summed E-state index contributed by atoms with van der Waals surface area (Å²) in [6, 6.07) is 13.8. The van der Waals surface area contributed by atoms with Gasteiger partial charge in [0.1, 0.15) is 11.3 Å². The molecule has 0 radical (unpaired) electrons. The summed E-state index contributed by atoms with van der Waals surface area (Å²) in [7, 11) is 3.53. The van der Waals surface area contributed by atoms with Crippen molar-refractivity contribution in [1.82, 2.24) is 30.2 Å². The first kappa shape index (κ1) is 20.1. The van der Waals surface area contributed by atoms with Gasteiger partial charge in [-0.05, 0) is 43.8 Å². The lowest BCUT2D eigenvalue weighted by atomic mass is 10.1. The number of aromatic amines is 1. The number of hydrogen-bond donors (Lipinski definition) is 2. The number of amides is 1. The lowest BCUT2D eigenvalue weighted by Gasteiger charge is -2.16. The topological polar surface area (TPSA) is 96.0 Å². The third-order valence-electron chi connectivity index (χ3n) is 5.87. The third kappa shape index (κ3) is 3.80. The van der Waals surface area contributed by atoms with Crippen LogP contribution >= 0.6 is 0 Å². The van der Waals surface area contributed by atoms with E-state index in [1.165, 1.54) is 0 Å². The molecule has 1 amide bonds. The van der Waals surface area contributed by atoms with Gasteiger partial charge >= 0.3 is 0 Å². The monoisotopic (exact) mass is 428 g/mol. The molecule has 1 atom stereocenters. The van der Waals surface area contributed by atoms with Crippen molar-refractivity contribution >= 4 is 16.9 Å². The molecule has 1 fully saturated rings. The third-order valence-corrected chi connectivity index (χ3v) is 5.87. The SMILES string of the molecule is CNC1CCN(C(=O)c2cccc(-c3cnc4[nH]c(-c5ccnc(OC)c5)cc4c3)n2)C1. The van der Waals surface area contributed by atoms with Gasteiger partial charge in [-0.2, -0.15) is 0 Å². The highest BCUT2D eigenvalue weighted by atomic mass is 16.5. The van der Waals surface area contributed by atoms with E-state index in [1.807, 2.05) is 48.3 Å². The molecule has 1 aliphatic heterocycles. The number of hydrogen-bond acceptors (Lipinski definition) is 6. The first-order valence-electron chi connectivity index (χ1n) is 10.6. The summed E-state index contributed by atoms with van der Waals surface area (Å²) < 4.78 is 5.22. The van der Waals surface area contributed by atoms with Gasteiger partial charge in [0, 0.05) is 59.8 Å². The van der Waals surface area contributed by atoms with Crippen LogP contribution in [0.4, 0.5) is 0 Å². The lowest BCUT2D eigenvalue weighted by Crippen LogP contribution is -2.33. The number of aromatic nitrogens is 4. The molecule has 0 bridgehead atoms. The van der Waals surface area contributed by atoms with Crippen LogP contribution in [0.2, 0.25) is 0 Å². The first-order chi connectivity index (χ1) is 15.6. The fraction of sp³-hybridized carbons (Fsp3) is 0.250. The van der Waals surface area contributed by atoms with Gasteiger partial charge in [-0.1, -0.05) is 6.07 Å². The van der Waals surface area contributed by atoms with Gasteiger partial charge in [-0.25, -0.2) is 15.0 Å². The summed E-state index contributed by atoms with van der Waals surface area (Å²) in [5, 5.41) is 4.20. The van der Waals surface area contributed by atoms with Gasteiger partial charge in [0.05, 0.1) is 12.8 Å². The predicted molar refractivity (Wildman–Crippen MR) is 122 cm³/mol. The molecule has 32 heavy (non-hydrogen) atoms. The number of rotatable bonds is 5. The van der Waals surface area contributed by atoms with E-state index < -0.39 is 0 Å². The first-order valence-corrected chi connectivity index (χ1v) is 10.6. The molecule has 4 aromatic heterocycles. The highest BCUT2D eigenvalue weighted by Gasteiger charge is 2.26. The van der Waals surface area contributed by atoms with Crippen LogP contribution in [0, 0.1) is 0 Å². The number of pyridine rings is 3. The number of carbonyl (C=O) groups excluding carboxylic acids is 1. The molecule has 8 nitrogen and oxygen atoms in total. The Morgan fingerprint density at radius 2 is 2.09 bits per heavy atom. The summed E-state index contributed by atoms with van der Waals surface area (Å²) in [5.74, 6) is 0.522. The molecule has 0 aromatic carbocycles. The van der Waals surface area contributed by atoms with Crippen LogP contribution in [0.15, 0.2) is 54.9 Å². The smallest absolute Gasteiger partial charge is 0.272 e. The standard InChI is InChI=1S/C24H24N6O2/c1-25-18-7-9-30(14-18)24(31)20-5-3-4-19(28-20)17-10-16-11-21(29-23(16)27-13-17)15-6-8-26-22(12-15)32-2/h3-6,8,10-13,18,25H,7,9,14H2,1-2H3,(H,27,29). The number of likely N-dealkylation sites (tertiary alicyclic amines) is 1. The zero-order valence-electron chi connectivity index (χ0n) is 18.0. The Morgan fingerprint density at radius 1 is 1.19 bits per heavy atom. The Bertz CT molecular complexity index is 1280. The van der Waals surface area contributed by atoms with Gasteiger partial charge in [0.2, 0.25) is 5.88 Å². The predicted octanol–water partition coefficient (Wildman–Crippen LogP) is 3.13. The fourth-order valence-electron chi connectivity index (χ4n) is 4.06. The van der Waals surface area contributed by atoms with Crippen LogP contribution in [-0.4, -0.2) is 64.0 Å². The highest BCUT2D eigenvalue weighted by Crippen LogP contribution is 2.28. The van der Waals surface area contributed by atoms with Crippen molar-refractivity contribution in [3.05, 3.63) is 60.6 Å². The molecule has 1 unspecified atom stereocenters. The number of nitrogens with one attached hydrogen (secondary N) is 2. The molecule has 162 valence electrons. The summed E-state index contributed by atoms with van der Waals surface area (Å²) in [4.78, 5) is 31.5. The van der Waals surface area contributed by atoms with Gasteiger partial charge in [0.25, 0.3) is 5.91 Å². The minimum Gasteiger partial charge on any atom is -0.481 e. The van der Waals surface area contributed by atoms with Gasteiger partial charge < -0.3 is 19.9 Å². The molecular weight excluding hydrogens is 404 g/mol. The zero-order chi connectivity index (χ0) is 22.1. The number of fused-ring (bicyclic) bond motifs is 1. The van der Waals surface area contributed by atoms with Gasteiger partial charge in [-0.3, -0.25) is 4.79 Å². The van der Waals surface area contributed by atoms with E-state index in [2.05, 4.69) is 25.3 Å². The van der Waals surface area contributed by atoms with E-state index in [-0.39, 0.29) is 5.91 Å². The van der Waals surface area contributed by atoms with Gasteiger partial charge in [-0.15, -0.1) is 0 Å². The Labute approximate surface area is 185 Å². The second-order valence-corrected chi connectivity index (χ2v) is 7.87. The van der Waals surface area contributed by atoms with E-state index in [9.17, 15) is 4.79 Å². The molecule has 5 rings (SSSR count). The molecule has 4 aromatic rings. The van der Waals surface area contributed by atoms with Crippen molar-refractivity contribution in [3.8, 4) is 28.4 Å². The maximum absolute atomic E-state index is 12.9. The molecule has 2 N–H and O–H groups in total. The molecule has 1 aliphatic rings. The molecular formula is C24H24N6O2. The van der Waals surface area contributed by atoms with Crippen molar-refractivity contribution in [2.24, 2.45) is 0 Å². The van der Waals surface area contributed by atoms with Crippen LogP contribution in [0.3, 0.4) is 0 Å². The molecule has 0 spiro atoms. The summed E-state index contributed by atoms with van der Waals surface area (Å²) in [6.07, 6.45) is 4.45. The van der Waals surface area contributed by atoms with E-state index in [4.69, 9.17) is 4.74 Å². The number of nitrogens with zero attached hydrogens (tertiary/aromatic N) is 4. The van der Waals surface area contributed by atoms with Crippen molar-refractivity contribution in [2.75, 3.05) is 27.2 Å². The Balaban J connectivity index is 1.43. The lowest BCUT2D eigenvalue weighted by molar-refractivity contribution is 0.0784. The van der Waals surface area contributed by atoms with Gasteiger partial charge in [0.15, 0.2) is 0 Å². The molecule has 0 saturated carbocycles. The average Bonchev–Trinajstić information content (AvgIpc) is 3.50. The van der Waals surface area contributed by atoms with Crippen LogP contribution in [0.1, 0.15) is 16.9 Å².